The minimum atomic E-state index is -4.78. The number of rotatable bonds is 7. The van der Waals surface area contributed by atoms with Crippen LogP contribution in [0.5, 0.6) is 11.5 Å². The van der Waals surface area contributed by atoms with E-state index in [2.05, 4.69) is 14.8 Å². The summed E-state index contributed by atoms with van der Waals surface area (Å²) in [6.45, 7) is 1.35. The lowest BCUT2D eigenvalue weighted by Crippen LogP contribution is -2.47. The van der Waals surface area contributed by atoms with E-state index >= 15 is 0 Å². The second-order valence-electron chi connectivity index (χ2n) is 7.38. The van der Waals surface area contributed by atoms with Crippen LogP contribution in [0.15, 0.2) is 67.3 Å². The summed E-state index contributed by atoms with van der Waals surface area (Å²) in [4.78, 5) is 18.1. The van der Waals surface area contributed by atoms with Crippen LogP contribution in [-0.4, -0.2) is 64.3 Å². The molecule has 2 aromatic carbocycles. The molecule has 1 aliphatic rings. The van der Waals surface area contributed by atoms with E-state index in [1.807, 2.05) is 24.3 Å². The van der Waals surface area contributed by atoms with Crippen LogP contribution in [0.2, 0.25) is 0 Å². The average Bonchev–Trinajstić information content (AvgIpc) is 3.36. The van der Waals surface area contributed by atoms with Crippen molar-refractivity contribution in [1.29, 1.82) is 0 Å². The molecule has 0 aliphatic carbocycles. The second-order valence-corrected chi connectivity index (χ2v) is 7.38. The minimum Gasteiger partial charge on any atom is -0.491 e. The van der Waals surface area contributed by atoms with Gasteiger partial charge in [-0.05, 0) is 48.0 Å². The van der Waals surface area contributed by atoms with E-state index < -0.39 is 6.36 Å². The van der Waals surface area contributed by atoms with Crippen molar-refractivity contribution in [2.45, 2.75) is 12.5 Å². The summed E-state index contributed by atoms with van der Waals surface area (Å²) < 4.78 is 54.2. The van der Waals surface area contributed by atoms with E-state index in [4.69, 9.17) is 9.47 Å². The molecule has 1 aromatic heterocycles. The van der Waals surface area contributed by atoms with Gasteiger partial charge in [-0.15, -0.1) is 13.2 Å². The molecule has 11 heteroatoms. The number of benzene rings is 2. The molecule has 0 spiro atoms. The fraction of sp³-hybridized carbons (Fsp3) is 0.261. The van der Waals surface area contributed by atoms with Crippen molar-refractivity contribution in [2.75, 3.05) is 26.3 Å². The first kappa shape index (κ1) is 23.3. The number of hydrogen-bond acceptors (Lipinski definition) is 6. The molecule has 1 amide bonds. The SMILES string of the molecule is O=C(C=Cc1cccc(OC(F)(F)F)c1)N1CCOC(COc2ccc(-n3cncn3)cc2)C1. The molecule has 4 rings (SSSR count). The molecule has 0 saturated carbocycles. The lowest BCUT2D eigenvalue weighted by atomic mass is 10.2. The van der Waals surface area contributed by atoms with Crippen molar-refractivity contribution in [3.8, 4) is 17.2 Å². The Kier molecular flexibility index (Phi) is 7.12. The topological polar surface area (TPSA) is 78.7 Å². The Bertz CT molecular complexity index is 1120. The molecule has 1 saturated heterocycles. The summed E-state index contributed by atoms with van der Waals surface area (Å²) in [7, 11) is 0. The molecule has 1 atom stereocenters. The van der Waals surface area contributed by atoms with Gasteiger partial charge < -0.3 is 19.1 Å². The summed E-state index contributed by atoms with van der Waals surface area (Å²) in [6, 6.07) is 12.7. The molecule has 178 valence electrons. The number of alkyl halides is 3. The van der Waals surface area contributed by atoms with Gasteiger partial charge in [0.15, 0.2) is 0 Å². The number of nitrogens with zero attached hydrogens (tertiary/aromatic N) is 4. The molecule has 8 nitrogen and oxygen atoms in total. The number of hydrogen-bond donors (Lipinski definition) is 0. The molecule has 0 radical (unpaired) electrons. The molecule has 2 heterocycles. The highest BCUT2D eigenvalue weighted by Gasteiger charge is 2.31. The largest absolute Gasteiger partial charge is 0.573 e. The number of aromatic nitrogens is 3. The van der Waals surface area contributed by atoms with Gasteiger partial charge in [-0.3, -0.25) is 4.79 Å². The Morgan fingerprint density at radius 3 is 2.74 bits per heavy atom. The lowest BCUT2D eigenvalue weighted by molar-refractivity contribution is -0.274. The van der Waals surface area contributed by atoms with Crippen LogP contribution in [-0.2, 0) is 9.53 Å². The predicted molar refractivity (Wildman–Crippen MR) is 115 cm³/mol. The summed E-state index contributed by atoms with van der Waals surface area (Å²) in [5.41, 5.74) is 1.26. The zero-order valence-electron chi connectivity index (χ0n) is 17.9. The molecule has 1 aliphatic heterocycles. The van der Waals surface area contributed by atoms with Gasteiger partial charge in [0.1, 0.15) is 36.9 Å². The van der Waals surface area contributed by atoms with E-state index in [-0.39, 0.29) is 24.4 Å². The van der Waals surface area contributed by atoms with Gasteiger partial charge >= 0.3 is 6.36 Å². The Hall–Kier alpha value is -3.86. The van der Waals surface area contributed by atoms with Crippen LogP contribution in [0.1, 0.15) is 5.56 Å². The number of morpholine rings is 1. The Morgan fingerprint density at radius 1 is 1.18 bits per heavy atom. The third-order valence-electron chi connectivity index (χ3n) is 4.92. The molecule has 0 N–H and O–H groups in total. The number of halogens is 3. The van der Waals surface area contributed by atoms with Crippen LogP contribution in [0.25, 0.3) is 11.8 Å². The fourth-order valence-electron chi connectivity index (χ4n) is 3.33. The maximum atomic E-state index is 12.6. The molecular formula is C23H21F3N4O4. The number of ether oxygens (including phenoxy) is 3. The van der Waals surface area contributed by atoms with Crippen molar-refractivity contribution in [1.82, 2.24) is 19.7 Å². The van der Waals surface area contributed by atoms with E-state index in [1.54, 1.807) is 22.0 Å². The Balaban J connectivity index is 1.28. The quantitative estimate of drug-likeness (QED) is 0.488. The smallest absolute Gasteiger partial charge is 0.491 e. The van der Waals surface area contributed by atoms with Crippen molar-refractivity contribution in [3.05, 3.63) is 72.8 Å². The third kappa shape index (κ3) is 6.58. The molecule has 0 bridgehead atoms. The molecule has 3 aromatic rings. The minimum absolute atomic E-state index is 0.257. The molecule has 1 fully saturated rings. The third-order valence-corrected chi connectivity index (χ3v) is 4.92. The predicted octanol–water partition coefficient (Wildman–Crippen LogP) is 3.49. The van der Waals surface area contributed by atoms with Gasteiger partial charge in [-0.1, -0.05) is 12.1 Å². The highest BCUT2D eigenvalue weighted by atomic mass is 19.4. The van der Waals surface area contributed by atoms with Gasteiger partial charge in [0.05, 0.1) is 18.8 Å². The van der Waals surface area contributed by atoms with Gasteiger partial charge in [-0.25, -0.2) is 9.67 Å². The second kappa shape index (κ2) is 10.4. The van der Waals surface area contributed by atoms with Crippen molar-refractivity contribution in [2.24, 2.45) is 0 Å². The van der Waals surface area contributed by atoms with Crippen molar-refractivity contribution in [3.63, 3.8) is 0 Å². The highest BCUT2D eigenvalue weighted by Crippen LogP contribution is 2.24. The van der Waals surface area contributed by atoms with Gasteiger partial charge in [0.2, 0.25) is 5.91 Å². The fourth-order valence-corrected chi connectivity index (χ4v) is 3.33. The van der Waals surface area contributed by atoms with Gasteiger partial charge in [0, 0.05) is 12.6 Å². The van der Waals surface area contributed by atoms with Crippen molar-refractivity contribution < 1.29 is 32.2 Å². The highest BCUT2D eigenvalue weighted by molar-refractivity contribution is 5.91. The monoisotopic (exact) mass is 474 g/mol. The zero-order valence-corrected chi connectivity index (χ0v) is 17.9. The zero-order chi connectivity index (χ0) is 24.0. The van der Waals surface area contributed by atoms with E-state index in [0.29, 0.717) is 31.0 Å². The van der Waals surface area contributed by atoms with Gasteiger partial charge in [0.25, 0.3) is 0 Å². The molecule has 1 unspecified atom stereocenters. The summed E-state index contributed by atoms with van der Waals surface area (Å²) in [5.74, 6) is 0.0319. The van der Waals surface area contributed by atoms with Crippen LogP contribution < -0.4 is 9.47 Å². The first-order valence-corrected chi connectivity index (χ1v) is 10.4. The van der Waals surface area contributed by atoms with E-state index in [0.717, 1.165) is 5.69 Å². The number of carbonyl (C=O) groups is 1. The molecule has 34 heavy (non-hydrogen) atoms. The number of carbonyl (C=O) groups excluding carboxylic acids is 1. The van der Waals surface area contributed by atoms with E-state index in [1.165, 1.54) is 36.7 Å². The lowest BCUT2D eigenvalue weighted by Gasteiger charge is -2.32. The van der Waals surface area contributed by atoms with Crippen LogP contribution in [0, 0.1) is 0 Å². The van der Waals surface area contributed by atoms with Crippen LogP contribution >= 0.6 is 0 Å². The standard InChI is InChI=1S/C23H21F3N4O4/c24-23(25,26)34-20-3-1-2-17(12-20)4-9-22(31)29-10-11-32-21(13-29)14-33-19-7-5-18(6-8-19)30-16-27-15-28-30/h1-9,12,15-16,21H,10-11,13-14H2. The van der Waals surface area contributed by atoms with Crippen LogP contribution in [0.3, 0.4) is 0 Å². The van der Waals surface area contributed by atoms with E-state index in [9.17, 15) is 18.0 Å². The number of amides is 1. The van der Waals surface area contributed by atoms with Gasteiger partial charge in [-0.2, -0.15) is 5.10 Å². The van der Waals surface area contributed by atoms with Crippen LogP contribution in [0.4, 0.5) is 13.2 Å². The Morgan fingerprint density at radius 2 is 2.00 bits per heavy atom. The first-order valence-electron chi connectivity index (χ1n) is 10.4. The molecular weight excluding hydrogens is 453 g/mol. The normalized spacial score (nSPS) is 16.6. The maximum absolute atomic E-state index is 12.6. The summed E-state index contributed by atoms with van der Waals surface area (Å²) in [6.07, 6.45) is 0.722. The first-order chi connectivity index (χ1) is 16.4. The maximum Gasteiger partial charge on any atom is 0.573 e. The van der Waals surface area contributed by atoms with Crippen molar-refractivity contribution >= 4 is 12.0 Å². The summed E-state index contributed by atoms with van der Waals surface area (Å²) in [5, 5.41) is 4.06. The average molecular weight is 474 g/mol. The summed E-state index contributed by atoms with van der Waals surface area (Å²) >= 11 is 0. The Labute approximate surface area is 193 Å².